The Morgan fingerprint density at radius 2 is 2.10 bits per heavy atom. The predicted molar refractivity (Wildman–Crippen MR) is 112 cm³/mol. The molecule has 29 heavy (non-hydrogen) atoms. The minimum absolute atomic E-state index is 0.0324. The maximum absolute atomic E-state index is 12.1. The van der Waals surface area contributed by atoms with Crippen LogP contribution in [0.3, 0.4) is 0 Å². The van der Waals surface area contributed by atoms with Crippen LogP contribution in [0.2, 0.25) is 0 Å². The van der Waals surface area contributed by atoms with Crippen molar-refractivity contribution in [3.05, 3.63) is 52.8 Å². The highest BCUT2D eigenvalue weighted by molar-refractivity contribution is 7.99. The summed E-state index contributed by atoms with van der Waals surface area (Å²) in [5.74, 6) is 0.812. The maximum Gasteiger partial charge on any atom is 0.253 e. The van der Waals surface area contributed by atoms with Gasteiger partial charge in [0.1, 0.15) is 0 Å². The minimum Gasteiger partial charge on any atom is -0.376 e. The van der Waals surface area contributed by atoms with Crippen molar-refractivity contribution < 1.29 is 9.53 Å². The maximum atomic E-state index is 12.1. The van der Waals surface area contributed by atoms with Crippen LogP contribution >= 0.6 is 11.8 Å². The van der Waals surface area contributed by atoms with E-state index in [-0.39, 0.29) is 17.8 Å². The first-order valence-electron chi connectivity index (χ1n) is 9.88. The number of hydrogen-bond donors (Lipinski definition) is 1. The van der Waals surface area contributed by atoms with E-state index in [2.05, 4.69) is 32.5 Å². The minimum atomic E-state index is -0.0324. The van der Waals surface area contributed by atoms with E-state index in [1.54, 1.807) is 4.52 Å². The van der Waals surface area contributed by atoms with Crippen molar-refractivity contribution in [3.8, 4) is 0 Å². The second-order valence-electron chi connectivity index (χ2n) is 7.26. The number of ether oxygens (including phenoxy) is 1. The summed E-state index contributed by atoms with van der Waals surface area (Å²) in [5.41, 5.74) is 4.37. The fraction of sp³-hybridized carbons (Fsp3) is 0.429. The summed E-state index contributed by atoms with van der Waals surface area (Å²) in [6.07, 6.45) is 3.03. The molecule has 0 spiro atoms. The lowest BCUT2D eigenvalue weighted by molar-refractivity contribution is -0.119. The van der Waals surface area contributed by atoms with Crippen molar-refractivity contribution in [2.75, 3.05) is 18.9 Å². The van der Waals surface area contributed by atoms with E-state index in [9.17, 15) is 4.79 Å². The van der Waals surface area contributed by atoms with Crippen molar-refractivity contribution >= 4 is 23.4 Å². The molecule has 1 aliphatic rings. The van der Waals surface area contributed by atoms with Gasteiger partial charge in [-0.25, -0.2) is 9.50 Å². The van der Waals surface area contributed by atoms with Gasteiger partial charge in [-0.3, -0.25) is 4.79 Å². The molecule has 1 atom stereocenters. The van der Waals surface area contributed by atoms with Crippen LogP contribution in [0.25, 0.3) is 5.78 Å². The van der Waals surface area contributed by atoms with Gasteiger partial charge in [0, 0.05) is 31.0 Å². The summed E-state index contributed by atoms with van der Waals surface area (Å²) >= 11 is 1.33. The fourth-order valence-corrected chi connectivity index (χ4v) is 4.17. The number of amides is 1. The standard InChI is InChI=1S/C21H25N5O2S/c1-14-18(11-16-7-4-3-5-8-16)15(2)26-20(23-14)24-21(25-26)29-13-19(27)22-12-17-9-6-10-28-17/h3-5,7-8,17H,6,9-13H2,1-2H3,(H,22,27). The molecule has 1 amide bonds. The van der Waals surface area contributed by atoms with E-state index >= 15 is 0 Å². The molecule has 1 aliphatic heterocycles. The number of thioether (sulfide) groups is 1. The summed E-state index contributed by atoms with van der Waals surface area (Å²) in [6.45, 7) is 5.40. The molecule has 4 rings (SSSR count). The number of rotatable bonds is 7. The molecule has 2 aromatic heterocycles. The van der Waals surface area contributed by atoms with Gasteiger partial charge in [0.15, 0.2) is 0 Å². The van der Waals surface area contributed by atoms with Crippen molar-refractivity contribution in [2.45, 2.75) is 44.4 Å². The zero-order valence-electron chi connectivity index (χ0n) is 16.7. The molecule has 152 valence electrons. The Morgan fingerprint density at radius 3 is 2.86 bits per heavy atom. The van der Waals surface area contributed by atoms with E-state index in [4.69, 9.17) is 4.74 Å². The van der Waals surface area contributed by atoms with Crippen LogP contribution in [0.1, 0.15) is 35.4 Å². The first kappa shape index (κ1) is 19.8. The Morgan fingerprint density at radius 1 is 1.28 bits per heavy atom. The second-order valence-corrected chi connectivity index (χ2v) is 8.20. The molecule has 3 heterocycles. The van der Waals surface area contributed by atoms with Crippen LogP contribution in [0.5, 0.6) is 0 Å². The number of carbonyl (C=O) groups excluding carboxylic acids is 1. The van der Waals surface area contributed by atoms with Crippen molar-refractivity contribution in [3.63, 3.8) is 0 Å². The molecule has 3 aromatic rings. The molecule has 0 saturated carbocycles. The number of carbonyl (C=O) groups is 1. The Kier molecular flexibility index (Phi) is 6.10. The average molecular weight is 412 g/mol. The van der Waals surface area contributed by atoms with Crippen LogP contribution in [0, 0.1) is 13.8 Å². The normalized spacial score (nSPS) is 16.4. The molecule has 8 heteroatoms. The molecule has 1 N–H and O–H groups in total. The number of aryl methyl sites for hydroxylation is 2. The number of nitrogens with zero attached hydrogens (tertiary/aromatic N) is 4. The lowest BCUT2D eigenvalue weighted by Gasteiger charge is -2.10. The molecule has 1 fully saturated rings. The van der Waals surface area contributed by atoms with Crippen molar-refractivity contribution in [2.24, 2.45) is 0 Å². The first-order chi connectivity index (χ1) is 14.1. The summed E-state index contributed by atoms with van der Waals surface area (Å²) in [7, 11) is 0. The van der Waals surface area contributed by atoms with Gasteiger partial charge >= 0.3 is 0 Å². The third-order valence-electron chi connectivity index (χ3n) is 5.14. The summed E-state index contributed by atoms with van der Waals surface area (Å²) in [4.78, 5) is 21.2. The topological polar surface area (TPSA) is 81.4 Å². The van der Waals surface area contributed by atoms with E-state index in [0.717, 1.165) is 42.8 Å². The Hall–Kier alpha value is -2.45. The highest BCUT2D eigenvalue weighted by atomic mass is 32.2. The SMILES string of the molecule is Cc1nc2nc(SCC(=O)NCC3CCCO3)nn2c(C)c1Cc1ccccc1. The molecule has 0 radical (unpaired) electrons. The fourth-order valence-electron chi connectivity index (χ4n) is 3.52. The zero-order valence-corrected chi connectivity index (χ0v) is 17.5. The Labute approximate surface area is 174 Å². The van der Waals surface area contributed by atoms with Crippen LogP contribution in [0.15, 0.2) is 35.5 Å². The number of hydrogen-bond acceptors (Lipinski definition) is 6. The van der Waals surface area contributed by atoms with E-state index in [1.807, 2.05) is 32.0 Å². The summed E-state index contributed by atoms with van der Waals surface area (Å²) < 4.78 is 7.30. The Bertz CT molecular complexity index is 999. The zero-order chi connectivity index (χ0) is 20.2. The van der Waals surface area contributed by atoms with Gasteiger partial charge in [-0.2, -0.15) is 4.98 Å². The van der Waals surface area contributed by atoms with Crippen molar-refractivity contribution in [1.29, 1.82) is 0 Å². The average Bonchev–Trinajstić information content (AvgIpc) is 3.38. The Balaban J connectivity index is 1.43. The van der Waals surface area contributed by atoms with Gasteiger partial charge in [-0.15, -0.1) is 5.10 Å². The lowest BCUT2D eigenvalue weighted by atomic mass is 10.0. The van der Waals surface area contributed by atoms with Crippen LogP contribution in [-0.4, -0.2) is 50.5 Å². The van der Waals surface area contributed by atoms with Gasteiger partial charge in [0.2, 0.25) is 11.1 Å². The largest absolute Gasteiger partial charge is 0.376 e. The van der Waals surface area contributed by atoms with E-state index in [1.165, 1.54) is 17.3 Å². The third-order valence-corrected chi connectivity index (χ3v) is 5.97. The molecule has 1 unspecified atom stereocenters. The monoisotopic (exact) mass is 411 g/mol. The van der Waals surface area contributed by atoms with Crippen LogP contribution in [0.4, 0.5) is 0 Å². The molecule has 1 aromatic carbocycles. The molecule has 0 bridgehead atoms. The van der Waals surface area contributed by atoms with Crippen LogP contribution < -0.4 is 5.32 Å². The molecule has 7 nitrogen and oxygen atoms in total. The second kappa shape index (κ2) is 8.92. The highest BCUT2D eigenvalue weighted by Gasteiger charge is 2.17. The molecule has 1 saturated heterocycles. The van der Waals surface area contributed by atoms with Gasteiger partial charge < -0.3 is 10.1 Å². The van der Waals surface area contributed by atoms with Gasteiger partial charge in [0.25, 0.3) is 5.78 Å². The van der Waals surface area contributed by atoms with Gasteiger partial charge in [-0.05, 0) is 37.8 Å². The first-order valence-corrected chi connectivity index (χ1v) is 10.9. The summed E-state index contributed by atoms with van der Waals surface area (Å²) in [5, 5.41) is 8.05. The highest BCUT2D eigenvalue weighted by Crippen LogP contribution is 2.20. The van der Waals surface area contributed by atoms with Gasteiger partial charge in [0.05, 0.1) is 11.9 Å². The predicted octanol–water partition coefficient (Wildman–Crippen LogP) is 2.72. The smallest absolute Gasteiger partial charge is 0.253 e. The molecular weight excluding hydrogens is 386 g/mol. The number of benzene rings is 1. The third kappa shape index (κ3) is 4.76. The van der Waals surface area contributed by atoms with E-state index in [0.29, 0.717) is 17.5 Å². The van der Waals surface area contributed by atoms with Gasteiger partial charge in [-0.1, -0.05) is 42.1 Å². The van der Waals surface area contributed by atoms with Crippen LogP contribution in [-0.2, 0) is 16.0 Å². The number of nitrogens with one attached hydrogen (secondary N) is 1. The lowest BCUT2D eigenvalue weighted by Crippen LogP contribution is -2.32. The quantitative estimate of drug-likeness (QED) is 0.602. The van der Waals surface area contributed by atoms with E-state index < -0.39 is 0 Å². The molecule has 0 aliphatic carbocycles. The number of aromatic nitrogens is 4. The summed E-state index contributed by atoms with van der Waals surface area (Å²) in [6, 6.07) is 10.3. The van der Waals surface area contributed by atoms with Crippen molar-refractivity contribution in [1.82, 2.24) is 24.9 Å². The number of fused-ring (bicyclic) bond motifs is 1. The molecular formula is C21H25N5O2S.